The molecule has 21 heteroatoms. The second-order valence-corrected chi connectivity index (χ2v) is 17.9. The van der Waals surface area contributed by atoms with Crippen molar-refractivity contribution in [2.45, 2.75) is 169 Å². The molecular weight excluding hydrogens is 883 g/mol. The number of aliphatic hydroxyl groups is 1. The summed E-state index contributed by atoms with van der Waals surface area (Å²) >= 11 is 0. The summed E-state index contributed by atoms with van der Waals surface area (Å²) < 4.78 is 0. The lowest BCUT2D eigenvalue weighted by Gasteiger charge is -2.31. The van der Waals surface area contributed by atoms with Crippen LogP contribution in [0.5, 0.6) is 0 Å². The van der Waals surface area contributed by atoms with Crippen molar-refractivity contribution in [1.82, 2.24) is 37.2 Å². The molecule has 0 saturated carbocycles. The Labute approximate surface area is 401 Å². The van der Waals surface area contributed by atoms with Crippen LogP contribution in [0, 0.1) is 23.7 Å². The number of rotatable bonds is 32. The average Bonchev–Trinajstić information content (AvgIpc) is 3.28. The van der Waals surface area contributed by atoms with Crippen LogP contribution in [-0.2, 0) is 49.6 Å². The van der Waals surface area contributed by atoms with Gasteiger partial charge in [-0.15, -0.1) is 0 Å². The molecule has 0 spiro atoms. The van der Waals surface area contributed by atoms with E-state index in [-0.39, 0.29) is 39.2 Å². The fourth-order valence-corrected chi connectivity index (χ4v) is 6.90. The van der Waals surface area contributed by atoms with Crippen LogP contribution in [0.25, 0.3) is 0 Å². The Kier molecular flexibility index (Phi) is 29.5. The molecular formula is C47H81N9O12. The molecule has 0 bridgehead atoms. The molecule has 0 aromatic heterocycles. The standard InChI is InChI=1S/C46H77N9O12.CH4/c1-9-27(7)37(54-39(59)30(48)24-56)45(65)55-38(28(8)10-2)44(64)53-36(26(5)6)43(63)51-33(23-29-16-12-11-13-17-29)42(62)50-32(19-20-35(57)58)41(61)49-31(18-14-15-21-47)40(60)52-34(46(66)67)22-25(3)4;/h11-13,16-17,25-28,30-34,36-38,56H,9-10,14-15,18-24,47-48H2,1-8H3,(H,49,61)(H,50,62)(H,51,63)(H,52,60)(H,53,64)(H,54,59)(H,55,65)(H,57,58)(H,66,67);1H4/t27-,28-,30-,31-,32-,33-,34-,36-,37-,38-;/m0./s1. The Morgan fingerprint density at radius 2 is 1.01 bits per heavy atom. The third-order valence-corrected chi connectivity index (χ3v) is 11.5. The summed E-state index contributed by atoms with van der Waals surface area (Å²) in [5, 5.41) is 47.0. The van der Waals surface area contributed by atoms with E-state index >= 15 is 0 Å². The number of carboxylic acid groups (broad SMARTS) is 2. The monoisotopic (exact) mass is 964 g/mol. The molecule has 1 aromatic carbocycles. The number of hydrogen-bond donors (Lipinski definition) is 12. The van der Waals surface area contributed by atoms with E-state index in [0.717, 1.165) is 0 Å². The highest BCUT2D eigenvalue weighted by Gasteiger charge is 2.37. The number of carbonyl (C=O) groups excluding carboxylic acids is 7. The van der Waals surface area contributed by atoms with Crippen LogP contribution in [0.2, 0.25) is 0 Å². The van der Waals surface area contributed by atoms with E-state index < -0.39 is 139 Å². The Hall–Kier alpha value is -5.67. The fourth-order valence-electron chi connectivity index (χ4n) is 6.90. The van der Waals surface area contributed by atoms with Crippen molar-refractivity contribution in [2.75, 3.05) is 13.2 Å². The minimum atomic E-state index is -1.54. The first kappa shape index (κ1) is 62.3. The van der Waals surface area contributed by atoms with Crippen LogP contribution >= 0.6 is 0 Å². The number of carboxylic acids is 2. The van der Waals surface area contributed by atoms with Gasteiger partial charge in [-0.05, 0) is 67.9 Å². The van der Waals surface area contributed by atoms with Gasteiger partial charge in [0.1, 0.15) is 48.3 Å². The molecule has 0 unspecified atom stereocenters. The lowest BCUT2D eigenvalue weighted by atomic mass is 9.94. The summed E-state index contributed by atoms with van der Waals surface area (Å²) in [4.78, 5) is 120. The summed E-state index contributed by atoms with van der Waals surface area (Å²) in [7, 11) is 0. The molecule has 7 amide bonds. The molecule has 0 aliphatic carbocycles. The zero-order chi connectivity index (χ0) is 51.0. The maximum absolute atomic E-state index is 14.3. The highest BCUT2D eigenvalue weighted by Crippen LogP contribution is 2.15. The van der Waals surface area contributed by atoms with Crippen molar-refractivity contribution in [2.24, 2.45) is 35.1 Å². The normalized spacial score (nSPS) is 15.5. The fraction of sp³-hybridized carbons (Fsp3) is 0.681. The summed E-state index contributed by atoms with van der Waals surface area (Å²) in [6, 6.07) is -1.80. The number of unbranched alkanes of at least 4 members (excludes halogenated alkanes) is 1. The number of hydrogen-bond acceptors (Lipinski definition) is 12. The van der Waals surface area contributed by atoms with E-state index in [4.69, 9.17) is 11.5 Å². The van der Waals surface area contributed by atoms with Gasteiger partial charge in [0.2, 0.25) is 41.4 Å². The van der Waals surface area contributed by atoms with E-state index in [1.807, 2.05) is 0 Å². The first-order valence-corrected chi connectivity index (χ1v) is 23.2. The van der Waals surface area contributed by atoms with Crippen molar-refractivity contribution in [3.8, 4) is 0 Å². The third-order valence-electron chi connectivity index (χ3n) is 11.5. The molecule has 386 valence electrons. The predicted octanol–water partition coefficient (Wildman–Crippen LogP) is 0.451. The largest absolute Gasteiger partial charge is 0.481 e. The molecule has 10 atom stereocenters. The topological polar surface area (TPSA) is 351 Å². The average molecular weight is 964 g/mol. The first-order chi connectivity index (χ1) is 31.5. The molecule has 21 nitrogen and oxygen atoms in total. The van der Waals surface area contributed by atoms with E-state index in [9.17, 15) is 58.5 Å². The number of aliphatic carboxylic acids is 2. The van der Waals surface area contributed by atoms with E-state index in [1.165, 1.54) is 0 Å². The van der Waals surface area contributed by atoms with Crippen LogP contribution in [0.1, 0.15) is 120 Å². The lowest BCUT2D eigenvalue weighted by molar-refractivity contribution is -0.143. The number of nitrogens with one attached hydrogen (secondary N) is 7. The maximum atomic E-state index is 14.3. The number of amides is 7. The van der Waals surface area contributed by atoms with Crippen LogP contribution < -0.4 is 48.7 Å². The Morgan fingerprint density at radius 3 is 1.46 bits per heavy atom. The zero-order valence-corrected chi connectivity index (χ0v) is 40.3. The van der Waals surface area contributed by atoms with E-state index in [0.29, 0.717) is 31.2 Å². The highest BCUT2D eigenvalue weighted by atomic mass is 16.4. The van der Waals surface area contributed by atoms with Crippen molar-refractivity contribution < 1.29 is 58.5 Å². The number of nitrogens with two attached hydrogens (primary N) is 2. The smallest absolute Gasteiger partial charge is 0.326 e. The van der Waals surface area contributed by atoms with Crippen LogP contribution in [0.4, 0.5) is 0 Å². The van der Waals surface area contributed by atoms with Crippen LogP contribution in [0.15, 0.2) is 30.3 Å². The van der Waals surface area contributed by atoms with Gasteiger partial charge in [-0.2, -0.15) is 0 Å². The minimum absolute atomic E-state index is 0. The number of benzene rings is 1. The van der Waals surface area contributed by atoms with Crippen molar-refractivity contribution in [3.63, 3.8) is 0 Å². The predicted molar refractivity (Wildman–Crippen MR) is 256 cm³/mol. The van der Waals surface area contributed by atoms with Gasteiger partial charge in [-0.25, -0.2) is 4.79 Å². The Bertz CT molecular complexity index is 1780. The highest BCUT2D eigenvalue weighted by molar-refractivity contribution is 5.98. The molecule has 0 radical (unpaired) electrons. The molecule has 0 heterocycles. The minimum Gasteiger partial charge on any atom is -0.481 e. The van der Waals surface area contributed by atoms with E-state index in [1.54, 1.807) is 85.7 Å². The van der Waals surface area contributed by atoms with Crippen molar-refractivity contribution in [3.05, 3.63) is 35.9 Å². The second kappa shape index (κ2) is 32.1. The summed E-state index contributed by atoms with van der Waals surface area (Å²) in [6.45, 7) is 13.5. The summed E-state index contributed by atoms with van der Waals surface area (Å²) in [5.74, 6) is -9.69. The number of carbonyl (C=O) groups is 9. The Morgan fingerprint density at radius 1 is 0.574 bits per heavy atom. The molecule has 0 aliphatic rings. The maximum Gasteiger partial charge on any atom is 0.326 e. The first-order valence-electron chi connectivity index (χ1n) is 23.2. The van der Waals surface area contributed by atoms with Gasteiger partial charge in [0.05, 0.1) is 6.61 Å². The second-order valence-electron chi connectivity index (χ2n) is 17.9. The van der Waals surface area contributed by atoms with Gasteiger partial charge in [0, 0.05) is 12.8 Å². The lowest BCUT2D eigenvalue weighted by Crippen LogP contribution is -2.62. The van der Waals surface area contributed by atoms with Gasteiger partial charge in [-0.1, -0.05) is 106 Å². The SMILES string of the molecule is C.CC[C@H](C)[C@H](NC(=O)[C@@H](NC(=O)[C@@H](N)CO)[C@@H](C)CC)C(=O)N[C@H](C(=O)N[C@@H](Cc1ccccc1)C(=O)N[C@@H](CCC(=O)O)C(=O)N[C@@H](CCCCN)C(=O)N[C@@H](CC(C)C)C(=O)O)C(C)C. The molecule has 0 fully saturated rings. The van der Waals surface area contributed by atoms with Gasteiger partial charge in [0.25, 0.3) is 0 Å². The van der Waals surface area contributed by atoms with Crippen LogP contribution in [-0.4, -0.2) is 130 Å². The Balaban J connectivity index is 0.0000449. The van der Waals surface area contributed by atoms with E-state index in [2.05, 4.69) is 37.2 Å². The van der Waals surface area contributed by atoms with Gasteiger partial charge < -0.3 is 64.0 Å². The molecule has 0 aliphatic heterocycles. The van der Waals surface area contributed by atoms with Crippen molar-refractivity contribution in [1.29, 1.82) is 0 Å². The molecule has 1 rings (SSSR count). The van der Waals surface area contributed by atoms with Crippen molar-refractivity contribution >= 4 is 53.3 Å². The summed E-state index contributed by atoms with van der Waals surface area (Å²) in [5.41, 5.74) is 11.9. The molecule has 0 saturated heterocycles. The molecule has 14 N–H and O–H groups in total. The van der Waals surface area contributed by atoms with Gasteiger partial charge in [0.15, 0.2) is 0 Å². The molecule has 68 heavy (non-hydrogen) atoms. The number of aliphatic hydroxyl groups excluding tert-OH is 1. The van der Waals surface area contributed by atoms with Crippen LogP contribution in [0.3, 0.4) is 0 Å². The third kappa shape index (κ3) is 22.0. The van der Waals surface area contributed by atoms with Gasteiger partial charge >= 0.3 is 11.9 Å². The van der Waals surface area contributed by atoms with Gasteiger partial charge in [-0.3, -0.25) is 38.4 Å². The summed E-state index contributed by atoms with van der Waals surface area (Å²) in [6.07, 6.45) is 0.752. The quantitative estimate of drug-likeness (QED) is 0.0437. The molecule has 1 aromatic rings. The zero-order valence-electron chi connectivity index (χ0n) is 40.3.